The van der Waals surface area contributed by atoms with Crippen molar-refractivity contribution in [3.63, 3.8) is 0 Å². The molecule has 0 aliphatic carbocycles. The Bertz CT molecular complexity index is 1160. The molecule has 202 valence electrons. The number of benzene rings is 2. The summed E-state index contributed by atoms with van der Waals surface area (Å²) in [6.45, 7) is 0.793. The Hall–Kier alpha value is -3.92. The molecule has 2 aromatic rings. The van der Waals surface area contributed by atoms with E-state index < -0.39 is 36.0 Å². The molecule has 4 amide bonds. The number of phenols is 1. The van der Waals surface area contributed by atoms with Gasteiger partial charge in [0.05, 0.1) is 6.04 Å². The Kier molecular flexibility index (Phi) is 8.62. The molecule has 2 aliphatic heterocycles. The van der Waals surface area contributed by atoms with Gasteiger partial charge in [-0.1, -0.05) is 42.5 Å². The first-order valence-corrected chi connectivity index (χ1v) is 13.0. The van der Waals surface area contributed by atoms with Crippen LogP contribution < -0.4 is 16.8 Å². The highest BCUT2D eigenvalue weighted by atomic mass is 16.3. The number of nitrogens with two attached hydrogens (primary N) is 2. The Morgan fingerprint density at radius 1 is 0.842 bits per heavy atom. The predicted octanol–water partition coefficient (Wildman–Crippen LogP) is 0.457. The molecule has 0 bridgehead atoms. The second-order valence-corrected chi connectivity index (χ2v) is 10.0. The average Bonchev–Trinajstić information content (AvgIpc) is 3.60. The summed E-state index contributed by atoms with van der Waals surface area (Å²) in [5.41, 5.74) is 13.4. The number of nitrogens with one attached hydrogen (secondary N) is 1. The zero-order valence-corrected chi connectivity index (χ0v) is 21.3. The summed E-state index contributed by atoms with van der Waals surface area (Å²) in [4.78, 5) is 55.1. The van der Waals surface area contributed by atoms with E-state index in [1.54, 1.807) is 12.1 Å². The number of primary amides is 1. The van der Waals surface area contributed by atoms with Gasteiger partial charge in [0.15, 0.2) is 0 Å². The number of carbonyl (C=O) groups excluding carboxylic acids is 4. The molecule has 2 aliphatic rings. The summed E-state index contributed by atoms with van der Waals surface area (Å²) >= 11 is 0. The van der Waals surface area contributed by atoms with E-state index in [2.05, 4.69) is 5.32 Å². The molecule has 6 N–H and O–H groups in total. The smallest absolute Gasteiger partial charge is 0.246 e. The number of likely N-dealkylation sites (tertiary alicyclic amines) is 2. The van der Waals surface area contributed by atoms with Gasteiger partial charge >= 0.3 is 0 Å². The molecule has 1 unspecified atom stereocenters. The first kappa shape index (κ1) is 27.1. The van der Waals surface area contributed by atoms with E-state index in [0.717, 1.165) is 11.1 Å². The Balaban J connectivity index is 1.47. The lowest BCUT2D eigenvalue weighted by Gasteiger charge is -2.31. The van der Waals surface area contributed by atoms with Crippen LogP contribution in [0.25, 0.3) is 0 Å². The van der Waals surface area contributed by atoms with Crippen molar-refractivity contribution < 1.29 is 24.3 Å². The number of hydrogen-bond acceptors (Lipinski definition) is 6. The van der Waals surface area contributed by atoms with Crippen molar-refractivity contribution in [2.24, 2.45) is 11.5 Å². The van der Waals surface area contributed by atoms with E-state index in [1.807, 2.05) is 30.3 Å². The minimum atomic E-state index is -0.909. The fourth-order valence-corrected chi connectivity index (χ4v) is 5.33. The fraction of sp³-hybridized carbons (Fsp3) is 0.429. The van der Waals surface area contributed by atoms with Crippen LogP contribution in [0.2, 0.25) is 0 Å². The van der Waals surface area contributed by atoms with Gasteiger partial charge in [0.1, 0.15) is 23.9 Å². The largest absolute Gasteiger partial charge is 0.508 e. The maximum absolute atomic E-state index is 13.6. The highest BCUT2D eigenvalue weighted by molar-refractivity contribution is 5.95. The van der Waals surface area contributed by atoms with E-state index in [9.17, 15) is 24.3 Å². The van der Waals surface area contributed by atoms with Gasteiger partial charge in [0.2, 0.25) is 23.6 Å². The quantitative estimate of drug-likeness (QED) is 0.375. The third-order valence-corrected chi connectivity index (χ3v) is 7.31. The van der Waals surface area contributed by atoms with Crippen molar-refractivity contribution in [3.8, 4) is 5.75 Å². The third-order valence-electron chi connectivity index (χ3n) is 7.31. The lowest BCUT2D eigenvalue weighted by Crippen LogP contribution is -2.57. The zero-order valence-electron chi connectivity index (χ0n) is 21.3. The molecule has 2 heterocycles. The monoisotopic (exact) mass is 521 g/mol. The Morgan fingerprint density at radius 2 is 1.42 bits per heavy atom. The van der Waals surface area contributed by atoms with Crippen LogP contribution in [-0.4, -0.2) is 75.8 Å². The van der Waals surface area contributed by atoms with Gasteiger partial charge in [-0.2, -0.15) is 0 Å². The van der Waals surface area contributed by atoms with Crippen molar-refractivity contribution in [1.29, 1.82) is 0 Å². The molecule has 10 nitrogen and oxygen atoms in total. The summed E-state index contributed by atoms with van der Waals surface area (Å²) in [7, 11) is 0. The number of hydrogen-bond donors (Lipinski definition) is 4. The summed E-state index contributed by atoms with van der Waals surface area (Å²) in [5.74, 6) is -1.55. The van der Waals surface area contributed by atoms with Crippen molar-refractivity contribution >= 4 is 23.6 Å². The maximum Gasteiger partial charge on any atom is 0.246 e. The van der Waals surface area contributed by atoms with Crippen LogP contribution in [0.3, 0.4) is 0 Å². The van der Waals surface area contributed by atoms with Gasteiger partial charge in [0.25, 0.3) is 0 Å². The van der Waals surface area contributed by atoms with Crippen LogP contribution in [0.4, 0.5) is 0 Å². The number of amides is 4. The summed E-state index contributed by atoms with van der Waals surface area (Å²) < 4.78 is 0. The van der Waals surface area contributed by atoms with Gasteiger partial charge in [-0.15, -0.1) is 0 Å². The first-order valence-electron chi connectivity index (χ1n) is 13.0. The van der Waals surface area contributed by atoms with Crippen LogP contribution >= 0.6 is 0 Å². The van der Waals surface area contributed by atoms with Crippen LogP contribution in [0, 0.1) is 0 Å². The number of phenolic OH excluding ortho intramolecular Hbond substituents is 1. The molecule has 10 heteroatoms. The Labute approximate surface area is 222 Å². The summed E-state index contributed by atoms with van der Waals surface area (Å²) in [6.07, 6.45) is 2.77. The highest BCUT2D eigenvalue weighted by Crippen LogP contribution is 2.22. The van der Waals surface area contributed by atoms with E-state index in [1.165, 1.54) is 21.9 Å². The highest BCUT2D eigenvalue weighted by Gasteiger charge is 2.40. The van der Waals surface area contributed by atoms with Gasteiger partial charge in [-0.05, 0) is 55.4 Å². The molecular formula is C28H35N5O5. The molecule has 4 rings (SSSR count). The molecule has 0 aromatic heterocycles. The number of carbonyl (C=O) groups is 4. The summed E-state index contributed by atoms with van der Waals surface area (Å²) in [5, 5.41) is 12.4. The molecule has 0 spiro atoms. The zero-order chi connectivity index (χ0) is 27.2. The van der Waals surface area contributed by atoms with Crippen LogP contribution in [0.15, 0.2) is 54.6 Å². The van der Waals surface area contributed by atoms with Crippen LogP contribution in [0.1, 0.15) is 36.8 Å². The predicted molar refractivity (Wildman–Crippen MR) is 141 cm³/mol. The SMILES string of the molecule is NC(=O)[C@@H]1CCCN1C(=O)[C@H](Cc1ccccc1)NC(=O)C1CCCN1C(=O)[C@@H](N)Cc1ccc(O)cc1. The maximum atomic E-state index is 13.6. The second kappa shape index (κ2) is 12.1. The van der Waals surface area contributed by atoms with E-state index in [-0.39, 0.29) is 30.4 Å². The van der Waals surface area contributed by atoms with E-state index in [4.69, 9.17) is 11.5 Å². The van der Waals surface area contributed by atoms with Crippen molar-refractivity contribution in [3.05, 3.63) is 65.7 Å². The minimum absolute atomic E-state index is 0.126. The normalized spacial score (nSPS) is 20.7. The van der Waals surface area contributed by atoms with E-state index >= 15 is 0 Å². The van der Waals surface area contributed by atoms with Gasteiger partial charge in [-0.3, -0.25) is 19.2 Å². The number of aromatic hydroxyl groups is 1. The molecule has 38 heavy (non-hydrogen) atoms. The molecule has 2 aromatic carbocycles. The van der Waals surface area contributed by atoms with Gasteiger partial charge < -0.3 is 31.7 Å². The lowest BCUT2D eigenvalue weighted by molar-refractivity contribution is -0.143. The van der Waals surface area contributed by atoms with Crippen molar-refractivity contribution in [2.75, 3.05) is 13.1 Å². The molecule has 4 atom stereocenters. The minimum Gasteiger partial charge on any atom is -0.508 e. The van der Waals surface area contributed by atoms with Gasteiger partial charge in [0, 0.05) is 19.5 Å². The second-order valence-electron chi connectivity index (χ2n) is 10.0. The molecule has 2 saturated heterocycles. The van der Waals surface area contributed by atoms with Crippen LogP contribution in [-0.2, 0) is 32.0 Å². The van der Waals surface area contributed by atoms with Gasteiger partial charge in [-0.25, -0.2) is 0 Å². The summed E-state index contributed by atoms with van der Waals surface area (Å²) in [6, 6.07) is 12.6. The topological polar surface area (TPSA) is 159 Å². The Morgan fingerprint density at radius 3 is 2.05 bits per heavy atom. The van der Waals surface area contributed by atoms with Crippen molar-refractivity contribution in [2.45, 2.75) is 62.7 Å². The number of rotatable bonds is 9. The van der Waals surface area contributed by atoms with E-state index in [0.29, 0.717) is 38.8 Å². The average molecular weight is 522 g/mol. The molecular weight excluding hydrogens is 486 g/mol. The standard InChI is InChI=1S/C28H35N5O5/c29-21(16-19-10-12-20(34)13-11-19)27(37)33-15-5-9-24(33)26(36)31-22(17-18-6-2-1-3-7-18)28(38)32-14-4-8-23(32)25(30)35/h1-3,6-7,10-13,21-24,34H,4-5,8-9,14-17,29H2,(H2,30,35)(H,31,36)/t21-,22-,23-,24?/m0/s1. The van der Waals surface area contributed by atoms with Crippen LogP contribution in [0.5, 0.6) is 5.75 Å². The molecule has 0 radical (unpaired) electrons. The molecule has 0 saturated carbocycles. The molecule has 2 fully saturated rings. The first-order chi connectivity index (χ1) is 18.2. The lowest BCUT2D eigenvalue weighted by atomic mass is 10.0. The van der Waals surface area contributed by atoms with Crippen molar-refractivity contribution in [1.82, 2.24) is 15.1 Å². The fourth-order valence-electron chi connectivity index (χ4n) is 5.33. The number of nitrogens with zero attached hydrogens (tertiary/aromatic N) is 2. The third kappa shape index (κ3) is 6.31.